The van der Waals surface area contributed by atoms with E-state index in [2.05, 4.69) is 0 Å². The molecule has 1 aliphatic heterocycles. The van der Waals surface area contributed by atoms with Crippen LogP contribution in [-0.4, -0.2) is 67.9 Å². The van der Waals surface area contributed by atoms with Gasteiger partial charge in [0, 0.05) is 19.2 Å². The second kappa shape index (κ2) is 9.41. The molecule has 168 valence electrons. The number of hydrogen-bond donors (Lipinski definition) is 0. The van der Waals surface area contributed by atoms with E-state index in [1.807, 2.05) is 0 Å². The fraction of sp³-hybridized carbons (Fsp3) is 0.273. The van der Waals surface area contributed by atoms with Gasteiger partial charge in [-0.1, -0.05) is 24.3 Å². The number of fused-ring (bicyclic) bond motifs is 1. The third-order valence-electron chi connectivity index (χ3n) is 4.99. The number of ether oxygens (including phenoxy) is 1. The van der Waals surface area contributed by atoms with E-state index < -0.39 is 34.4 Å². The van der Waals surface area contributed by atoms with Crippen molar-refractivity contribution in [3.05, 3.63) is 65.2 Å². The van der Waals surface area contributed by atoms with Crippen LogP contribution >= 0.6 is 0 Å². The first-order valence-electron chi connectivity index (χ1n) is 9.81. The predicted molar refractivity (Wildman–Crippen MR) is 114 cm³/mol. The Kier molecular flexibility index (Phi) is 6.85. The highest BCUT2D eigenvalue weighted by Crippen LogP contribution is 2.22. The number of amides is 2. The van der Waals surface area contributed by atoms with Gasteiger partial charge in [0.25, 0.3) is 11.8 Å². The van der Waals surface area contributed by atoms with E-state index >= 15 is 0 Å². The number of imide groups is 1. The van der Waals surface area contributed by atoms with Crippen molar-refractivity contribution < 1.29 is 32.3 Å². The average Bonchev–Trinajstić information content (AvgIpc) is 3.01. The molecule has 10 heteroatoms. The number of likely N-dealkylation sites (N-methyl/N-ethyl adjacent to an activating group) is 1. The van der Waals surface area contributed by atoms with Gasteiger partial charge in [0.05, 0.1) is 22.6 Å². The summed E-state index contributed by atoms with van der Waals surface area (Å²) in [5.41, 5.74) is 1.07. The van der Waals surface area contributed by atoms with Gasteiger partial charge in [0.2, 0.25) is 10.0 Å². The lowest BCUT2D eigenvalue weighted by Crippen LogP contribution is -2.34. The fourth-order valence-corrected chi connectivity index (χ4v) is 4.32. The molecule has 2 amide bonds. The third-order valence-corrected chi connectivity index (χ3v) is 6.81. The second-order valence-electron chi connectivity index (χ2n) is 7.22. The van der Waals surface area contributed by atoms with Gasteiger partial charge in [0.15, 0.2) is 5.78 Å². The molecule has 9 nitrogen and oxygen atoms in total. The Morgan fingerprint density at radius 2 is 1.53 bits per heavy atom. The summed E-state index contributed by atoms with van der Waals surface area (Å²) in [6.45, 7) is 0.869. The largest absolute Gasteiger partial charge is 0.465 e. The standard InChI is InChI=1S/C22H22N2O7S/c1-15(25)16-8-10-17(11-9-16)32(29,30)23(2)14-20(26)31-13-5-12-24-21(27)18-6-3-4-7-19(18)22(24)28/h3-4,6-11H,5,12-14H2,1-2H3. The minimum atomic E-state index is -3.94. The number of nitrogens with zero attached hydrogens (tertiary/aromatic N) is 2. The SMILES string of the molecule is CC(=O)c1ccc(S(=O)(=O)N(C)CC(=O)OCCCN2C(=O)c3ccccc3C2=O)cc1. The van der Waals surface area contributed by atoms with Crippen molar-refractivity contribution in [2.45, 2.75) is 18.2 Å². The van der Waals surface area contributed by atoms with Crippen LogP contribution in [0.25, 0.3) is 0 Å². The molecule has 2 aromatic rings. The van der Waals surface area contributed by atoms with Crippen molar-refractivity contribution in [1.82, 2.24) is 9.21 Å². The highest BCUT2D eigenvalue weighted by molar-refractivity contribution is 7.89. The Morgan fingerprint density at radius 3 is 2.06 bits per heavy atom. The highest BCUT2D eigenvalue weighted by atomic mass is 32.2. The molecule has 0 bridgehead atoms. The summed E-state index contributed by atoms with van der Waals surface area (Å²) in [5, 5.41) is 0. The molecule has 1 aliphatic rings. The van der Waals surface area contributed by atoms with E-state index in [0.717, 1.165) is 9.21 Å². The van der Waals surface area contributed by atoms with Gasteiger partial charge < -0.3 is 4.74 Å². The number of esters is 1. The maximum Gasteiger partial charge on any atom is 0.321 e. The lowest BCUT2D eigenvalue weighted by Gasteiger charge is -2.17. The van der Waals surface area contributed by atoms with E-state index in [0.29, 0.717) is 16.7 Å². The minimum absolute atomic E-state index is 0.0524. The Morgan fingerprint density at radius 1 is 0.969 bits per heavy atom. The molecule has 1 heterocycles. The Hall–Kier alpha value is -3.37. The second-order valence-corrected chi connectivity index (χ2v) is 9.27. The molecule has 0 radical (unpaired) electrons. The van der Waals surface area contributed by atoms with Crippen LogP contribution in [0.2, 0.25) is 0 Å². The lowest BCUT2D eigenvalue weighted by molar-refractivity contribution is -0.143. The van der Waals surface area contributed by atoms with E-state index in [9.17, 15) is 27.6 Å². The zero-order valence-corrected chi connectivity index (χ0v) is 18.4. The van der Waals surface area contributed by atoms with Crippen molar-refractivity contribution >= 4 is 33.6 Å². The molecule has 0 atom stereocenters. The number of ketones is 1. The quantitative estimate of drug-likeness (QED) is 0.243. The Bertz CT molecular complexity index is 1140. The number of sulfonamides is 1. The average molecular weight is 458 g/mol. The summed E-state index contributed by atoms with van der Waals surface area (Å²) in [6, 6.07) is 11.9. The zero-order chi connectivity index (χ0) is 23.5. The van der Waals surface area contributed by atoms with Crippen molar-refractivity contribution in [2.75, 3.05) is 26.7 Å². The molecule has 32 heavy (non-hydrogen) atoms. The first-order chi connectivity index (χ1) is 15.1. The Balaban J connectivity index is 1.48. The Labute approximate surface area is 185 Å². The van der Waals surface area contributed by atoms with Gasteiger partial charge in [-0.05, 0) is 37.6 Å². The van der Waals surface area contributed by atoms with Crippen LogP contribution in [0.4, 0.5) is 0 Å². The van der Waals surface area contributed by atoms with Crippen LogP contribution in [-0.2, 0) is 19.6 Å². The van der Waals surface area contributed by atoms with Crippen LogP contribution in [0.3, 0.4) is 0 Å². The molecule has 0 N–H and O–H groups in total. The highest BCUT2D eigenvalue weighted by Gasteiger charge is 2.34. The van der Waals surface area contributed by atoms with Gasteiger partial charge in [-0.3, -0.25) is 24.1 Å². The molecule has 0 fully saturated rings. The monoisotopic (exact) mass is 458 g/mol. The maximum absolute atomic E-state index is 12.6. The summed E-state index contributed by atoms with van der Waals surface area (Å²) in [5.74, 6) is -1.73. The van der Waals surface area contributed by atoms with Crippen LogP contribution in [0, 0.1) is 0 Å². The first kappa shape index (κ1) is 23.3. The van der Waals surface area contributed by atoms with E-state index in [4.69, 9.17) is 4.74 Å². The lowest BCUT2D eigenvalue weighted by atomic mass is 10.1. The number of carbonyl (C=O) groups excluding carboxylic acids is 4. The summed E-state index contributed by atoms with van der Waals surface area (Å²) >= 11 is 0. The maximum atomic E-state index is 12.6. The van der Waals surface area contributed by atoms with Crippen LogP contribution in [0.1, 0.15) is 44.4 Å². The summed E-state index contributed by atoms with van der Waals surface area (Å²) in [7, 11) is -2.70. The van der Waals surface area contributed by atoms with Gasteiger partial charge in [-0.25, -0.2) is 8.42 Å². The van der Waals surface area contributed by atoms with Crippen molar-refractivity contribution in [3.63, 3.8) is 0 Å². The van der Waals surface area contributed by atoms with Gasteiger partial charge >= 0.3 is 5.97 Å². The van der Waals surface area contributed by atoms with Gasteiger partial charge in [-0.15, -0.1) is 0 Å². The summed E-state index contributed by atoms with van der Waals surface area (Å²) < 4.78 is 31.1. The smallest absolute Gasteiger partial charge is 0.321 e. The first-order valence-corrected chi connectivity index (χ1v) is 11.2. The molecule has 0 spiro atoms. The van der Waals surface area contributed by atoms with E-state index in [1.54, 1.807) is 24.3 Å². The van der Waals surface area contributed by atoms with Crippen LogP contribution in [0.15, 0.2) is 53.4 Å². The molecular weight excluding hydrogens is 436 g/mol. The molecular formula is C22H22N2O7S. The number of carbonyl (C=O) groups is 4. The molecule has 3 rings (SSSR count). The molecule has 0 unspecified atom stereocenters. The van der Waals surface area contributed by atoms with Crippen LogP contribution < -0.4 is 0 Å². The van der Waals surface area contributed by atoms with Gasteiger partial charge in [0.1, 0.15) is 6.54 Å². The predicted octanol–water partition coefficient (Wildman–Crippen LogP) is 1.74. The molecule has 0 aromatic heterocycles. The number of Topliss-reactive ketones (excluding diaryl/α,β-unsaturated/α-hetero) is 1. The minimum Gasteiger partial charge on any atom is -0.465 e. The third kappa shape index (κ3) is 4.76. The number of rotatable bonds is 9. The van der Waals surface area contributed by atoms with Crippen molar-refractivity contribution in [1.29, 1.82) is 0 Å². The normalized spacial score (nSPS) is 13.4. The van der Waals surface area contributed by atoms with E-state index in [-0.39, 0.29) is 30.3 Å². The number of benzene rings is 2. The van der Waals surface area contributed by atoms with Crippen molar-refractivity contribution in [3.8, 4) is 0 Å². The number of hydrogen-bond acceptors (Lipinski definition) is 7. The van der Waals surface area contributed by atoms with Crippen molar-refractivity contribution in [2.24, 2.45) is 0 Å². The molecule has 0 saturated carbocycles. The molecule has 0 aliphatic carbocycles. The van der Waals surface area contributed by atoms with Gasteiger partial charge in [-0.2, -0.15) is 4.31 Å². The fourth-order valence-electron chi connectivity index (χ4n) is 3.20. The topological polar surface area (TPSA) is 118 Å². The molecule has 2 aromatic carbocycles. The van der Waals surface area contributed by atoms with E-state index in [1.165, 1.54) is 38.2 Å². The zero-order valence-electron chi connectivity index (χ0n) is 17.6. The van der Waals surface area contributed by atoms with Crippen LogP contribution in [0.5, 0.6) is 0 Å². The molecule has 0 saturated heterocycles. The summed E-state index contributed by atoms with van der Waals surface area (Å²) in [4.78, 5) is 49.0. The summed E-state index contributed by atoms with van der Waals surface area (Å²) in [6.07, 6.45) is 0.222.